The number of esters is 2. The molecule has 8 nitrogen and oxygen atoms in total. The van der Waals surface area contributed by atoms with Crippen LogP contribution < -0.4 is 15.9 Å². The van der Waals surface area contributed by atoms with Gasteiger partial charge in [0.05, 0.1) is 25.6 Å². The predicted octanol–water partition coefficient (Wildman–Crippen LogP) is 7.23. The van der Waals surface area contributed by atoms with E-state index in [1.807, 2.05) is 13.8 Å². The Hall–Kier alpha value is -3.13. The molecule has 8 rings (SSSR count). The largest absolute Gasteiger partial charge is 0.466 e. The molecule has 4 saturated heterocycles. The highest BCUT2D eigenvalue weighted by atomic mass is 31.2. The SMILES string of the molecule is C[C@H]1[C@H](OC(=O)CCC(=O)OCCCCC[P+](c2ccccc2)(c2ccccc2)c2ccccc2)O[C@@H]2O[C@@]3(C)CC[C@H]4[C@H](C)CC[C@@H]1[C@@]24OO3. The number of carbonyl (C=O) groups is 2. The Bertz CT molecular complexity index is 1520. The van der Waals surface area contributed by atoms with Gasteiger partial charge >= 0.3 is 11.9 Å². The standard InChI is InChI=1S/C42H52O8P/c1-30-22-23-36-31(2)39(47-40-42(36)35(30)26-27-41(3,48-40)49-50-42)46-38(44)25-24-37(43)45-28-14-7-15-29-51(32-16-8-4-9-17-32,33-18-10-5-11-19-33)34-20-12-6-13-21-34/h4-6,8-13,16-21,30-31,35-36,39-40H,7,14-15,22-29H2,1-3H3/q+1/t30-,31-,35+,36+,39-,40-,41-,42-/m1/s1. The molecule has 0 aromatic heterocycles. The molecule has 0 N–H and O–H groups in total. The predicted molar refractivity (Wildman–Crippen MR) is 197 cm³/mol. The first-order valence-electron chi connectivity index (χ1n) is 18.9. The smallest absolute Gasteiger partial charge is 0.308 e. The quantitative estimate of drug-likeness (QED) is 0.0794. The minimum atomic E-state index is -1.88. The van der Waals surface area contributed by atoms with Crippen LogP contribution in [0.2, 0.25) is 0 Å². The van der Waals surface area contributed by atoms with Gasteiger partial charge in [0.2, 0.25) is 12.1 Å². The summed E-state index contributed by atoms with van der Waals surface area (Å²) in [5.74, 6) is -1.14. The van der Waals surface area contributed by atoms with Gasteiger partial charge in [-0.2, -0.15) is 0 Å². The first-order valence-corrected chi connectivity index (χ1v) is 20.8. The zero-order valence-corrected chi connectivity index (χ0v) is 31.0. The van der Waals surface area contributed by atoms with Gasteiger partial charge in [-0.25, -0.2) is 9.78 Å². The molecule has 1 aliphatic carbocycles. The summed E-state index contributed by atoms with van der Waals surface area (Å²) >= 11 is 0. The zero-order chi connectivity index (χ0) is 35.5. The average Bonchev–Trinajstić information content (AvgIpc) is 3.39. The van der Waals surface area contributed by atoms with Crippen molar-refractivity contribution in [3.8, 4) is 0 Å². The molecule has 5 aliphatic rings. The molecular weight excluding hydrogens is 663 g/mol. The normalized spacial score (nSPS) is 31.3. The summed E-state index contributed by atoms with van der Waals surface area (Å²) in [6, 6.07) is 32.6. The van der Waals surface area contributed by atoms with Crippen molar-refractivity contribution >= 4 is 35.1 Å². The summed E-state index contributed by atoms with van der Waals surface area (Å²) in [7, 11) is -1.88. The van der Waals surface area contributed by atoms with Gasteiger partial charge in [0.1, 0.15) is 23.2 Å². The Balaban J connectivity index is 0.891. The van der Waals surface area contributed by atoms with Gasteiger partial charge in [-0.15, -0.1) is 0 Å². The van der Waals surface area contributed by atoms with Crippen molar-refractivity contribution in [2.24, 2.45) is 23.7 Å². The third kappa shape index (κ3) is 7.15. The number of ether oxygens (including phenoxy) is 4. The van der Waals surface area contributed by atoms with Crippen LogP contribution in [0.15, 0.2) is 91.0 Å². The van der Waals surface area contributed by atoms with E-state index < -0.39 is 43.2 Å². The fraction of sp³-hybridized carbons (Fsp3) is 0.524. The molecule has 5 fully saturated rings. The van der Waals surface area contributed by atoms with Crippen molar-refractivity contribution in [1.82, 2.24) is 0 Å². The second kappa shape index (κ2) is 15.5. The highest BCUT2D eigenvalue weighted by molar-refractivity contribution is 7.95. The Morgan fingerprint density at radius 1 is 0.745 bits per heavy atom. The van der Waals surface area contributed by atoms with E-state index in [0.717, 1.165) is 44.7 Å². The average molecular weight is 716 g/mol. The van der Waals surface area contributed by atoms with Crippen LogP contribution in [0.3, 0.4) is 0 Å². The van der Waals surface area contributed by atoms with Crippen molar-refractivity contribution in [3.05, 3.63) is 91.0 Å². The van der Waals surface area contributed by atoms with Crippen LogP contribution in [0.4, 0.5) is 0 Å². The van der Waals surface area contributed by atoms with Crippen LogP contribution >= 0.6 is 7.26 Å². The highest BCUT2D eigenvalue weighted by Gasteiger charge is 2.69. The van der Waals surface area contributed by atoms with E-state index in [4.69, 9.17) is 28.7 Å². The van der Waals surface area contributed by atoms with E-state index in [1.165, 1.54) is 15.9 Å². The fourth-order valence-corrected chi connectivity index (χ4v) is 13.6. The van der Waals surface area contributed by atoms with Gasteiger partial charge in [-0.05, 0) is 93.7 Å². The molecule has 0 unspecified atom stereocenters. The van der Waals surface area contributed by atoms with Crippen LogP contribution in [0.25, 0.3) is 0 Å². The fourth-order valence-electron chi connectivity index (χ4n) is 9.17. The Labute approximate surface area is 302 Å². The third-order valence-corrected chi connectivity index (χ3v) is 16.4. The van der Waals surface area contributed by atoms with Crippen LogP contribution in [0.5, 0.6) is 0 Å². The molecule has 8 atom stereocenters. The molecule has 9 heteroatoms. The van der Waals surface area contributed by atoms with E-state index in [0.29, 0.717) is 18.9 Å². The lowest BCUT2D eigenvalue weighted by Crippen LogP contribution is -2.70. The number of hydrogen-bond acceptors (Lipinski definition) is 8. The van der Waals surface area contributed by atoms with Gasteiger partial charge in [-0.3, -0.25) is 9.59 Å². The molecule has 51 heavy (non-hydrogen) atoms. The minimum absolute atomic E-state index is 0.0352. The second-order valence-electron chi connectivity index (χ2n) is 15.1. The van der Waals surface area contributed by atoms with Crippen molar-refractivity contribution in [2.45, 2.75) is 103 Å². The Morgan fingerprint density at radius 2 is 1.35 bits per heavy atom. The summed E-state index contributed by atoms with van der Waals surface area (Å²) in [5, 5.41) is 4.12. The maximum absolute atomic E-state index is 13.0. The van der Waals surface area contributed by atoms with Gasteiger partial charge in [0.15, 0.2) is 11.9 Å². The lowest BCUT2D eigenvalue weighted by molar-refractivity contribution is -0.576. The number of carbonyl (C=O) groups excluding carboxylic acids is 2. The van der Waals surface area contributed by atoms with Crippen LogP contribution in [-0.2, 0) is 38.3 Å². The zero-order valence-electron chi connectivity index (χ0n) is 30.1. The summed E-state index contributed by atoms with van der Waals surface area (Å²) in [6.07, 6.45) is 5.77. The van der Waals surface area contributed by atoms with Gasteiger partial charge in [0, 0.05) is 18.3 Å². The number of rotatable bonds is 13. The highest BCUT2D eigenvalue weighted by Crippen LogP contribution is 2.61. The number of unbranched alkanes of at least 4 members (excludes halogenated alkanes) is 2. The molecule has 1 saturated carbocycles. The van der Waals surface area contributed by atoms with Crippen LogP contribution in [0, 0.1) is 23.7 Å². The summed E-state index contributed by atoms with van der Waals surface area (Å²) in [6.45, 7) is 6.51. The van der Waals surface area contributed by atoms with Crippen LogP contribution in [-0.4, -0.2) is 48.7 Å². The molecule has 0 amide bonds. The van der Waals surface area contributed by atoms with Gasteiger partial charge < -0.3 is 18.9 Å². The van der Waals surface area contributed by atoms with Crippen LogP contribution in [0.1, 0.15) is 78.6 Å². The monoisotopic (exact) mass is 715 g/mol. The second-order valence-corrected chi connectivity index (χ2v) is 18.7. The van der Waals surface area contributed by atoms with Crippen molar-refractivity contribution in [1.29, 1.82) is 0 Å². The Morgan fingerprint density at radius 3 is 1.98 bits per heavy atom. The first kappa shape index (κ1) is 36.2. The minimum Gasteiger partial charge on any atom is -0.466 e. The maximum Gasteiger partial charge on any atom is 0.308 e. The van der Waals surface area contributed by atoms with E-state index in [-0.39, 0.29) is 30.6 Å². The molecule has 4 aliphatic heterocycles. The number of benzene rings is 3. The topological polar surface area (TPSA) is 89.5 Å². The molecule has 3 aromatic rings. The summed E-state index contributed by atoms with van der Waals surface area (Å²) in [4.78, 5) is 37.7. The van der Waals surface area contributed by atoms with Crippen molar-refractivity contribution < 1.29 is 38.3 Å². The summed E-state index contributed by atoms with van der Waals surface area (Å²) < 4.78 is 24.1. The van der Waals surface area contributed by atoms with E-state index in [9.17, 15) is 9.59 Å². The maximum atomic E-state index is 13.0. The van der Waals surface area contributed by atoms with Gasteiger partial charge in [0.25, 0.3) is 0 Å². The molecule has 2 bridgehead atoms. The molecular formula is C42H52O8P+. The molecule has 4 heterocycles. The summed E-state index contributed by atoms with van der Waals surface area (Å²) in [5.41, 5.74) is -0.715. The van der Waals surface area contributed by atoms with E-state index in [2.05, 4.69) is 97.9 Å². The van der Waals surface area contributed by atoms with Gasteiger partial charge in [-0.1, -0.05) is 68.4 Å². The number of fused-ring (bicyclic) bond motifs is 2. The molecule has 0 radical (unpaired) electrons. The van der Waals surface area contributed by atoms with Crippen molar-refractivity contribution in [2.75, 3.05) is 12.8 Å². The lowest BCUT2D eigenvalue weighted by atomic mass is 9.58. The Kier molecular flexibility index (Phi) is 11.0. The lowest BCUT2D eigenvalue weighted by Gasteiger charge is -2.59. The first-order chi connectivity index (χ1) is 24.7. The van der Waals surface area contributed by atoms with Crippen molar-refractivity contribution in [3.63, 3.8) is 0 Å². The third-order valence-electron chi connectivity index (χ3n) is 11.9. The van der Waals surface area contributed by atoms with E-state index in [1.54, 1.807) is 0 Å². The molecule has 3 aromatic carbocycles. The molecule has 272 valence electrons. The van der Waals surface area contributed by atoms with E-state index >= 15 is 0 Å². The number of hydrogen-bond donors (Lipinski definition) is 0. The molecule has 1 spiro atoms.